The number of nitrogens with zero attached hydrogens (tertiary/aromatic N) is 1. The van der Waals surface area contributed by atoms with Crippen LogP contribution in [0.5, 0.6) is 0 Å². The highest BCUT2D eigenvalue weighted by Gasteiger charge is 2.19. The zero-order valence-electron chi connectivity index (χ0n) is 9.53. The Morgan fingerprint density at radius 1 is 1.40 bits per heavy atom. The summed E-state index contributed by atoms with van der Waals surface area (Å²) >= 11 is 1.85. The smallest absolute Gasteiger partial charge is 0.0544 e. The average Bonchev–Trinajstić information content (AvgIpc) is 2.71. The Morgan fingerprint density at radius 3 is 2.87 bits per heavy atom. The molecule has 0 N–H and O–H groups in total. The van der Waals surface area contributed by atoms with E-state index < -0.39 is 0 Å². The standard InChI is InChI=1S/C13H17NS/c1-10-6-7-14(3)13(11(10)2)9-12-5-4-8-15-12/h4-8,13H,9H2,1-3H3. The van der Waals surface area contributed by atoms with E-state index >= 15 is 0 Å². The molecule has 0 spiro atoms. The number of hydrogen-bond donors (Lipinski definition) is 0. The van der Waals surface area contributed by atoms with Crippen molar-refractivity contribution in [3.63, 3.8) is 0 Å². The number of allylic oxidation sites excluding steroid dienone is 2. The molecule has 1 atom stereocenters. The van der Waals surface area contributed by atoms with Gasteiger partial charge in [0, 0.05) is 18.3 Å². The van der Waals surface area contributed by atoms with Crippen LogP contribution in [0.4, 0.5) is 0 Å². The van der Waals surface area contributed by atoms with Crippen molar-refractivity contribution in [3.05, 3.63) is 45.8 Å². The van der Waals surface area contributed by atoms with E-state index in [1.165, 1.54) is 16.0 Å². The molecule has 0 aromatic carbocycles. The molecular formula is C13H17NS. The molecule has 0 saturated heterocycles. The van der Waals surface area contributed by atoms with Crippen LogP contribution >= 0.6 is 11.3 Å². The van der Waals surface area contributed by atoms with Crippen LogP contribution in [0.3, 0.4) is 0 Å². The van der Waals surface area contributed by atoms with Gasteiger partial charge >= 0.3 is 0 Å². The van der Waals surface area contributed by atoms with Gasteiger partial charge in [0.25, 0.3) is 0 Å². The fourth-order valence-electron chi connectivity index (χ4n) is 1.95. The number of hydrogen-bond acceptors (Lipinski definition) is 2. The summed E-state index contributed by atoms with van der Waals surface area (Å²) in [6.07, 6.45) is 5.50. The van der Waals surface area contributed by atoms with Crippen LogP contribution in [0.25, 0.3) is 0 Å². The van der Waals surface area contributed by atoms with Gasteiger partial charge in [0.15, 0.2) is 0 Å². The number of thiophene rings is 1. The highest BCUT2D eigenvalue weighted by Crippen LogP contribution is 2.24. The molecule has 2 heteroatoms. The molecule has 1 unspecified atom stereocenters. The fourth-order valence-corrected chi connectivity index (χ4v) is 2.69. The second-order valence-electron chi connectivity index (χ2n) is 4.15. The van der Waals surface area contributed by atoms with Crippen molar-refractivity contribution < 1.29 is 0 Å². The minimum atomic E-state index is 0.536. The number of likely N-dealkylation sites (N-methyl/N-ethyl adjacent to an activating group) is 1. The van der Waals surface area contributed by atoms with Crippen LogP contribution in [0.1, 0.15) is 18.7 Å². The molecule has 0 amide bonds. The third kappa shape index (κ3) is 2.15. The summed E-state index contributed by atoms with van der Waals surface area (Å²) < 4.78 is 0. The third-order valence-electron chi connectivity index (χ3n) is 3.15. The topological polar surface area (TPSA) is 3.24 Å². The first kappa shape index (κ1) is 10.5. The zero-order valence-corrected chi connectivity index (χ0v) is 10.3. The molecule has 15 heavy (non-hydrogen) atoms. The lowest BCUT2D eigenvalue weighted by Gasteiger charge is -2.31. The van der Waals surface area contributed by atoms with Crippen molar-refractivity contribution >= 4 is 11.3 Å². The molecule has 0 saturated carbocycles. The van der Waals surface area contributed by atoms with Crippen molar-refractivity contribution in [1.29, 1.82) is 0 Å². The SMILES string of the molecule is CC1=C(C)C(Cc2cccs2)N(C)C=C1. The lowest BCUT2D eigenvalue weighted by molar-refractivity contribution is 0.360. The predicted molar refractivity (Wildman–Crippen MR) is 67.1 cm³/mol. The maximum atomic E-state index is 2.31. The van der Waals surface area contributed by atoms with Crippen LogP contribution in [-0.2, 0) is 6.42 Å². The Balaban J connectivity index is 2.18. The van der Waals surface area contributed by atoms with Gasteiger partial charge in [-0.25, -0.2) is 0 Å². The summed E-state index contributed by atoms with van der Waals surface area (Å²) in [6, 6.07) is 4.89. The highest BCUT2D eigenvalue weighted by atomic mass is 32.1. The average molecular weight is 219 g/mol. The lowest BCUT2D eigenvalue weighted by Crippen LogP contribution is -2.32. The molecule has 1 aliphatic heterocycles. The van der Waals surface area contributed by atoms with Crippen molar-refractivity contribution in [2.45, 2.75) is 26.3 Å². The molecule has 0 fully saturated rings. The van der Waals surface area contributed by atoms with Crippen LogP contribution in [0.2, 0.25) is 0 Å². The lowest BCUT2D eigenvalue weighted by atomic mass is 9.96. The van der Waals surface area contributed by atoms with Crippen molar-refractivity contribution in [2.75, 3.05) is 7.05 Å². The molecule has 1 nitrogen and oxygen atoms in total. The predicted octanol–water partition coefficient (Wildman–Crippen LogP) is 3.45. The van der Waals surface area contributed by atoms with E-state index in [0.29, 0.717) is 6.04 Å². The quantitative estimate of drug-likeness (QED) is 0.736. The van der Waals surface area contributed by atoms with Gasteiger partial charge in [-0.3, -0.25) is 0 Å². The van der Waals surface area contributed by atoms with Crippen LogP contribution in [0, 0.1) is 0 Å². The molecule has 2 heterocycles. The second kappa shape index (κ2) is 4.23. The summed E-state index contributed by atoms with van der Waals surface area (Å²) in [5, 5.41) is 2.15. The van der Waals surface area contributed by atoms with E-state index in [-0.39, 0.29) is 0 Å². The first-order valence-corrected chi connectivity index (χ1v) is 6.16. The van der Waals surface area contributed by atoms with Crippen molar-refractivity contribution in [1.82, 2.24) is 4.90 Å². The Kier molecular flexibility index (Phi) is 2.96. The molecule has 1 aromatic rings. The van der Waals surface area contributed by atoms with Gasteiger partial charge in [0.2, 0.25) is 0 Å². The molecule has 0 bridgehead atoms. The second-order valence-corrected chi connectivity index (χ2v) is 5.18. The van der Waals surface area contributed by atoms with E-state index in [2.05, 4.69) is 55.6 Å². The highest BCUT2D eigenvalue weighted by molar-refractivity contribution is 7.09. The molecular weight excluding hydrogens is 202 g/mol. The van der Waals surface area contributed by atoms with E-state index in [4.69, 9.17) is 0 Å². The fraction of sp³-hybridized carbons (Fsp3) is 0.385. The normalized spacial score (nSPS) is 21.3. The maximum Gasteiger partial charge on any atom is 0.0544 e. The summed E-state index contributed by atoms with van der Waals surface area (Å²) in [4.78, 5) is 3.77. The molecule has 0 aliphatic carbocycles. The van der Waals surface area contributed by atoms with Gasteiger partial charge in [-0.1, -0.05) is 6.07 Å². The van der Waals surface area contributed by atoms with E-state index in [9.17, 15) is 0 Å². The molecule has 2 rings (SSSR count). The maximum absolute atomic E-state index is 2.31. The monoisotopic (exact) mass is 219 g/mol. The Bertz CT molecular complexity index is 387. The summed E-state index contributed by atoms with van der Waals surface area (Å²) in [7, 11) is 2.16. The van der Waals surface area contributed by atoms with Gasteiger partial charge in [-0.15, -0.1) is 11.3 Å². The van der Waals surface area contributed by atoms with Gasteiger partial charge in [-0.05, 0) is 48.7 Å². The first-order valence-electron chi connectivity index (χ1n) is 5.28. The largest absolute Gasteiger partial charge is 0.373 e. The summed E-state index contributed by atoms with van der Waals surface area (Å²) in [6.45, 7) is 4.44. The Morgan fingerprint density at radius 2 is 2.20 bits per heavy atom. The first-order chi connectivity index (χ1) is 7.18. The molecule has 80 valence electrons. The molecule has 0 radical (unpaired) electrons. The van der Waals surface area contributed by atoms with Crippen molar-refractivity contribution in [3.8, 4) is 0 Å². The van der Waals surface area contributed by atoms with E-state index in [1.807, 2.05) is 11.3 Å². The number of rotatable bonds is 2. The third-order valence-corrected chi connectivity index (χ3v) is 4.05. The van der Waals surface area contributed by atoms with Gasteiger partial charge in [-0.2, -0.15) is 0 Å². The van der Waals surface area contributed by atoms with Gasteiger partial charge in [0.05, 0.1) is 6.04 Å². The van der Waals surface area contributed by atoms with Gasteiger partial charge < -0.3 is 4.90 Å². The minimum Gasteiger partial charge on any atom is -0.373 e. The van der Waals surface area contributed by atoms with Crippen LogP contribution in [-0.4, -0.2) is 18.0 Å². The van der Waals surface area contributed by atoms with E-state index in [1.54, 1.807) is 0 Å². The zero-order chi connectivity index (χ0) is 10.8. The Hall–Kier alpha value is -1.02. The molecule has 1 aliphatic rings. The van der Waals surface area contributed by atoms with Crippen LogP contribution < -0.4 is 0 Å². The molecule has 1 aromatic heterocycles. The van der Waals surface area contributed by atoms with E-state index in [0.717, 1.165) is 6.42 Å². The van der Waals surface area contributed by atoms with Crippen molar-refractivity contribution in [2.24, 2.45) is 0 Å². The van der Waals surface area contributed by atoms with Crippen LogP contribution in [0.15, 0.2) is 40.9 Å². The Labute approximate surface area is 95.7 Å². The van der Waals surface area contributed by atoms with Gasteiger partial charge in [0.1, 0.15) is 0 Å². The summed E-state index contributed by atoms with van der Waals surface area (Å²) in [5.41, 5.74) is 2.91. The minimum absolute atomic E-state index is 0.536. The summed E-state index contributed by atoms with van der Waals surface area (Å²) in [5.74, 6) is 0.